The third kappa shape index (κ3) is 29.0. The molecule has 15 nitrogen and oxygen atoms in total. The maximum absolute atomic E-state index is 13.0. The second kappa shape index (κ2) is 41.6. The van der Waals surface area contributed by atoms with Crippen LogP contribution in [0.1, 0.15) is 181 Å². The van der Waals surface area contributed by atoms with Gasteiger partial charge in [-0.1, -0.05) is 177 Å². The molecule has 2 saturated heterocycles. The van der Waals surface area contributed by atoms with Crippen LogP contribution in [0.5, 0.6) is 0 Å². The van der Waals surface area contributed by atoms with Gasteiger partial charge in [-0.2, -0.15) is 0 Å². The first-order chi connectivity index (χ1) is 34.0. The average Bonchev–Trinajstić information content (AvgIpc) is 3.35. The lowest BCUT2D eigenvalue weighted by Crippen LogP contribution is -2.61. The van der Waals surface area contributed by atoms with Crippen LogP contribution in [0.15, 0.2) is 60.8 Å². The molecule has 2 aliphatic heterocycles. The van der Waals surface area contributed by atoms with Gasteiger partial charge in [0.15, 0.2) is 18.7 Å². The van der Waals surface area contributed by atoms with Crippen LogP contribution in [0.3, 0.4) is 0 Å². The lowest BCUT2D eigenvalue weighted by atomic mass is 9.98. The largest absolute Gasteiger partial charge is 0.462 e. The van der Waals surface area contributed by atoms with Gasteiger partial charge < -0.3 is 64.2 Å². The summed E-state index contributed by atoms with van der Waals surface area (Å²) in [6.07, 6.45) is 31.1. The Kier molecular flexibility index (Phi) is 37.7. The number of aliphatic hydroxyl groups is 7. The van der Waals surface area contributed by atoms with Crippen molar-refractivity contribution in [2.45, 2.75) is 248 Å². The first kappa shape index (κ1) is 63.3. The van der Waals surface area contributed by atoms with E-state index in [9.17, 15) is 45.3 Å². The summed E-state index contributed by atoms with van der Waals surface area (Å²) in [6.45, 7) is 2.43. The Bertz CT molecular complexity index is 1450. The zero-order chi connectivity index (χ0) is 51.0. The molecule has 2 aliphatic rings. The summed E-state index contributed by atoms with van der Waals surface area (Å²) in [5, 5.41) is 72.1. The van der Waals surface area contributed by atoms with Crippen molar-refractivity contribution >= 4 is 11.9 Å². The molecule has 404 valence electrons. The number of allylic oxidation sites excluding steroid dienone is 10. The summed E-state index contributed by atoms with van der Waals surface area (Å²) in [4.78, 5) is 25.8. The van der Waals surface area contributed by atoms with Gasteiger partial charge in [-0.05, 0) is 51.4 Å². The highest BCUT2D eigenvalue weighted by Crippen LogP contribution is 2.26. The van der Waals surface area contributed by atoms with Crippen molar-refractivity contribution < 1.29 is 73.8 Å². The fourth-order valence-corrected chi connectivity index (χ4v) is 8.13. The number of hydrogen-bond acceptors (Lipinski definition) is 15. The Morgan fingerprint density at radius 2 is 0.900 bits per heavy atom. The quantitative estimate of drug-likeness (QED) is 0.0175. The van der Waals surface area contributed by atoms with Crippen molar-refractivity contribution in [1.29, 1.82) is 0 Å². The molecular weight excluding hydrogens is 901 g/mol. The van der Waals surface area contributed by atoms with E-state index in [-0.39, 0.29) is 19.4 Å². The topological polar surface area (TPSA) is 231 Å². The maximum atomic E-state index is 13.0. The zero-order valence-corrected chi connectivity index (χ0v) is 42.7. The molecule has 11 atom stereocenters. The third-order valence-electron chi connectivity index (χ3n) is 12.5. The number of rotatable bonds is 41. The highest BCUT2D eigenvalue weighted by Gasteiger charge is 2.47. The van der Waals surface area contributed by atoms with Crippen LogP contribution in [-0.4, -0.2) is 142 Å². The normalized spacial score (nSPS) is 25.8. The van der Waals surface area contributed by atoms with E-state index < -0.39 is 99.3 Å². The minimum absolute atomic E-state index is 0.0861. The molecule has 2 fully saturated rings. The molecule has 0 aromatic rings. The summed E-state index contributed by atoms with van der Waals surface area (Å²) in [6, 6.07) is 0. The third-order valence-corrected chi connectivity index (χ3v) is 12.5. The van der Waals surface area contributed by atoms with Crippen LogP contribution in [0.25, 0.3) is 0 Å². The summed E-state index contributed by atoms with van der Waals surface area (Å²) < 4.78 is 33.5. The second-order valence-corrected chi connectivity index (χ2v) is 18.7. The number of unbranched alkanes of at least 4 members (excludes halogenated alkanes) is 17. The molecule has 11 unspecified atom stereocenters. The van der Waals surface area contributed by atoms with Gasteiger partial charge in [-0.3, -0.25) is 9.59 Å². The van der Waals surface area contributed by atoms with Crippen molar-refractivity contribution in [3.63, 3.8) is 0 Å². The van der Waals surface area contributed by atoms with Gasteiger partial charge in [-0.15, -0.1) is 0 Å². The first-order valence-corrected chi connectivity index (χ1v) is 26.9. The van der Waals surface area contributed by atoms with Gasteiger partial charge in [0.2, 0.25) is 0 Å². The Labute approximate surface area is 420 Å². The van der Waals surface area contributed by atoms with Crippen LogP contribution < -0.4 is 0 Å². The average molecular weight is 995 g/mol. The van der Waals surface area contributed by atoms with Gasteiger partial charge in [0.1, 0.15) is 55.4 Å². The molecule has 0 bridgehead atoms. The van der Waals surface area contributed by atoms with E-state index in [1.54, 1.807) is 0 Å². The monoisotopic (exact) mass is 995 g/mol. The van der Waals surface area contributed by atoms with Crippen LogP contribution in [0.2, 0.25) is 0 Å². The fourth-order valence-electron chi connectivity index (χ4n) is 8.13. The molecule has 0 spiro atoms. The Hall–Kier alpha value is -2.80. The minimum Gasteiger partial charge on any atom is -0.462 e. The Morgan fingerprint density at radius 1 is 0.471 bits per heavy atom. The molecule has 7 N–H and O–H groups in total. The minimum atomic E-state index is -1.78. The second-order valence-electron chi connectivity index (χ2n) is 18.7. The van der Waals surface area contributed by atoms with E-state index in [2.05, 4.69) is 62.5 Å². The van der Waals surface area contributed by atoms with Gasteiger partial charge in [0, 0.05) is 12.8 Å². The van der Waals surface area contributed by atoms with Crippen LogP contribution in [-0.2, 0) is 38.0 Å². The van der Waals surface area contributed by atoms with Crippen molar-refractivity contribution in [2.75, 3.05) is 26.4 Å². The molecule has 70 heavy (non-hydrogen) atoms. The molecule has 2 heterocycles. The van der Waals surface area contributed by atoms with E-state index in [0.29, 0.717) is 19.3 Å². The molecular formula is C55H94O15. The van der Waals surface area contributed by atoms with E-state index in [0.717, 1.165) is 51.4 Å². The molecule has 0 amide bonds. The summed E-state index contributed by atoms with van der Waals surface area (Å²) in [5.41, 5.74) is 0. The number of hydrogen-bond donors (Lipinski definition) is 7. The van der Waals surface area contributed by atoms with Crippen molar-refractivity contribution in [3.8, 4) is 0 Å². The Balaban J connectivity index is 1.82. The summed E-state index contributed by atoms with van der Waals surface area (Å²) >= 11 is 0. The SMILES string of the molecule is CC/C=C\C/C=C\C/C=C\C/C=C\C/C=C\CCCC(=O)OC(COC(=O)CCCCCCCCCCCCCCCCCCC)COC1OC(COC2OC(CO)C(O)C(O)C2O)C(O)C(O)C1O. The predicted octanol–water partition coefficient (Wildman–Crippen LogP) is 8.05. The predicted molar refractivity (Wildman–Crippen MR) is 270 cm³/mol. The molecule has 0 aromatic heterocycles. The number of carbonyl (C=O) groups is 2. The van der Waals surface area contributed by atoms with Crippen LogP contribution in [0.4, 0.5) is 0 Å². The smallest absolute Gasteiger partial charge is 0.306 e. The van der Waals surface area contributed by atoms with Crippen molar-refractivity contribution in [1.82, 2.24) is 0 Å². The molecule has 2 rings (SSSR count). The first-order valence-electron chi connectivity index (χ1n) is 26.9. The standard InChI is InChI=1S/C55H94O15/c1-3-5-7-9-11-13-15-17-19-21-23-25-27-29-31-33-35-37-46(57)65-40-43(68-47(58)38-36-34-32-30-28-26-24-22-20-18-16-14-12-10-8-6-4-2)41-66-54-53(64)51(62)49(60)45(70-54)42-67-55-52(63)50(61)48(59)44(39-56)69-55/h6,8,12,14,18,20,24,26,30,32,43-45,48-56,59-64H,3-5,7,9-11,13,15-17,19,21-23,25,27-29,31,33-42H2,1-2H3/b8-6-,14-12-,20-18-,26-24-,32-30-. The number of carbonyl (C=O) groups excluding carboxylic acids is 2. The van der Waals surface area contributed by atoms with Crippen molar-refractivity contribution in [2.24, 2.45) is 0 Å². The zero-order valence-electron chi connectivity index (χ0n) is 42.7. The van der Waals surface area contributed by atoms with E-state index in [1.165, 1.54) is 83.5 Å². The maximum Gasteiger partial charge on any atom is 0.306 e. The number of aliphatic hydroxyl groups excluding tert-OH is 7. The number of ether oxygens (including phenoxy) is 6. The summed E-state index contributed by atoms with van der Waals surface area (Å²) in [7, 11) is 0. The lowest BCUT2D eigenvalue weighted by molar-refractivity contribution is -0.332. The summed E-state index contributed by atoms with van der Waals surface area (Å²) in [5.74, 6) is -0.991. The van der Waals surface area contributed by atoms with Crippen molar-refractivity contribution in [3.05, 3.63) is 60.8 Å². The molecule has 0 aliphatic carbocycles. The molecule has 0 radical (unpaired) electrons. The van der Waals surface area contributed by atoms with Gasteiger partial charge in [0.05, 0.1) is 19.8 Å². The van der Waals surface area contributed by atoms with Gasteiger partial charge in [-0.25, -0.2) is 0 Å². The van der Waals surface area contributed by atoms with E-state index in [4.69, 9.17) is 28.4 Å². The Morgan fingerprint density at radius 3 is 1.40 bits per heavy atom. The molecule has 0 saturated carbocycles. The molecule has 15 heteroatoms. The fraction of sp³-hybridized carbons (Fsp3) is 0.782. The van der Waals surface area contributed by atoms with E-state index >= 15 is 0 Å². The highest BCUT2D eigenvalue weighted by molar-refractivity contribution is 5.70. The van der Waals surface area contributed by atoms with Crippen LogP contribution in [0, 0.1) is 0 Å². The van der Waals surface area contributed by atoms with Crippen LogP contribution >= 0.6 is 0 Å². The lowest BCUT2D eigenvalue weighted by Gasteiger charge is -2.42. The highest BCUT2D eigenvalue weighted by atomic mass is 16.7. The van der Waals surface area contributed by atoms with Gasteiger partial charge in [0.25, 0.3) is 0 Å². The number of esters is 2. The van der Waals surface area contributed by atoms with Gasteiger partial charge >= 0.3 is 11.9 Å². The molecule has 0 aromatic carbocycles. The van der Waals surface area contributed by atoms with E-state index in [1.807, 2.05) is 12.2 Å².